The first-order valence-corrected chi connectivity index (χ1v) is 18.0. The number of hydrogen-bond acceptors (Lipinski definition) is 9. The molecule has 0 rings (SSSR count). The number of nitrogens with one attached hydrogen (secondary N) is 2. The van der Waals surface area contributed by atoms with Crippen molar-refractivity contribution >= 4 is 33.7 Å². The maximum atomic E-state index is 11.9. The standard InChI is InChI=1S/C32H61BrN2O10/c33-29-31(37)35-16-18-41-20-22-43-24-26-45-28-27-44-25-23-42-21-19-40-17-15-34-30(36)13-11-9-7-5-3-1-2-4-6-8-10-12-14-32(38)39/h1-29H2,(H,34,36)(H,35,37)(H,38,39). The summed E-state index contributed by atoms with van der Waals surface area (Å²) in [7, 11) is 0. The summed E-state index contributed by atoms with van der Waals surface area (Å²) < 4.78 is 32.6. The van der Waals surface area contributed by atoms with Crippen molar-refractivity contribution in [1.82, 2.24) is 10.6 Å². The molecule has 0 aromatic carbocycles. The lowest BCUT2D eigenvalue weighted by Gasteiger charge is -2.09. The molecule has 0 spiro atoms. The molecule has 3 N–H and O–H groups in total. The van der Waals surface area contributed by atoms with Crippen molar-refractivity contribution in [2.24, 2.45) is 0 Å². The summed E-state index contributed by atoms with van der Waals surface area (Å²) in [5, 5.41) is 14.5. The number of unbranched alkanes of at least 4 members (excludes halogenated alkanes) is 11. The number of rotatable bonds is 37. The molecule has 0 saturated carbocycles. The predicted molar refractivity (Wildman–Crippen MR) is 177 cm³/mol. The van der Waals surface area contributed by atoms with E-state index in [0.29, 0.717) is 111 Å². The molecule has 45 heavy (non-hydrogen) atoms. The zero-order valence-corrected chi connectivity index (χ0v) is 29.1. The van der Waals surface area contributed by atoms with Crippen LogP contribution in [0.1, 0.15) is 89.9 Å². The van der Waals surface area contributed by atoms with Gasteiger partial charge in [-0.1, -0.05) is 80.1 Å². The highest BCUT2D eigenvalue weighted by atomic mass is 79.9. The van der Waals surface area contributed by atoms with Gasteiger partial charge in [0.15, 0.2) is 0 Å². The van der Waals surface area contributed by atoms with Crippen molar-refractivity contribution < 1.29 is 47.9 Å². The Morgan fingerprint density at radius 1 is 0.422 bits per heavy atom. The molecule has 0 aliphatic heterocycles. The molecule has 13 heteroatoms. The molecule has 0 unspecified atom stereocenters. The molecule has 0 radical (unpaired) electrons. The van der Waals surface area contributed by atoms with E-state index >= 15 is 0 Å². The quantitative estimate of drug-likeness (QED) is 0.0630. The third-order valence-electron chi connectivity index (χ3n) is 6.66. The van der Waals surface area contributed by atoms with Crippen molar-refractivity contribution in [3.63, 3.8) is 0 Å². The van der Waals surface area contributed by atoms with Gasteiger partial charge in [0.2, 0.25) is 11.8 Å². The van der Waals surface area contributed by atoms with Gasteiger partial charge < -0.3 is 44.2 Å². The lowest BCUT2D eigenvalue weighted by Crippen LogP contribution is -2.28. The van der Waals surface area contributed by atoms with Gasteiger partial charge in [0, 0.05) is 25.9 Å². The molecule has 0 aliphatic rings. The highest BCUT2D eigenvalue weighted by molar-refractivity contribution is 9.09. The largest absolute Gasteiger partial charge is 0.481 e. The van der Waals surface area contributed by atoms with Crippen LogP contribution in [0.15, 0.2) is 0 Å². The van der Waals surface area contributed by atoms with E-state index in [1.807, 2.05) is 0 Å². The van der Waals surface area contributed by atoms with Gasteiger partial charge in [-0.3, -0.25) is 14.4 Å². The van der Waals surface area contributed by atoms with E-state index in [-0.39, 0.29) is 11.8 Å². The van der Waals surface area contributed by atoms with Gasteiger partial charge in [-0.05, 0) is 12.8 Å². The fourth-order valence-corrected chi connectivity index (χ4v) is 4.39. The molecule has 0 saturated heterocycles. The van der Waals surface area contributed by atoms with Gasteiger partial charge in [-0.25, -0.2) is 0 Å². The lowest BCUT2D eigenvalue weighted by atomic mass is 10.0. The minimum atomic E-state index is -0.692. The predicted octanol–water partition coefficient (Wildman–Crippen LogP) is 4.26. The topological polar surface area (TPSA) is 151 Å². The Morgan fingerprint density at radius 2 is 0.711 bits per heavy atom. The zero-order chi connectivity index (χ0) is 32.9. The second-order valence-corrected chi connectivity index (χ2v) is 11.2. The van der Waals surface area contributed by atoms with Crippen molar-refractivity contribution in [2.75, 3.05) is 97.7 Å². The van der Waals surface area contributed by atoms with E-state index in [1.165, 1.54) is 44.9 Å². The summed E-state index contributed by atoms with van der Waals surface area (Å²) in [6.45, 7) is 6.77. The minimum absolute atomic E-state index is 0.0589. The van der Waals surface area contributed by atoms with Crippen LogP contribution < -0.4 is 10.6 Å². The van der Waals surface area contributed by atoms with Crippen LogP contribution in [0.25, 0.3) is 0 Å². The average Bonchev–Trinajstić information content (AvgIpc) is 3.03. The third kappa shape index (κ3) is 38.7. The number of carboxylic acid groups (broad SMARTS) is 1. The molecular weight excluding hydrogens is 652 g/mol. The number of alkyl halides is 1. The van der Waals surface area contributed by atoms with Gasteiger partial charge in [0.05, 0.1) is 84.6 Å². The molecule has 0 heterocycles. The van der Waals surface area contributed by atoms with Crippen LogP contribution in [0.2, 0.25) is 0 Å². The minimum Gasteiger partial charge on any atom is -0.481 e. The first-order chi connectivity index (χ1) is 22.1. The Balaban J connectivity index is 3.16. The van der Waals surface area contributed by atoms with Crippen molar-refractivity contribution in [3.05, 3.63) is 0 Å². The molecule has 0 fully saturated rings. The first kappa shape index (κ1) is 43.6. The third-order valence-corrected chi connectivity index (χ3v) is 7.17. The maximum absolute atomic E-state index is 11.9. The van der Waals surface area contributed by atoms with E-state index in [0.717, 1.165) is 32.1 Å². The zero-order valence-electron chi connectivity index (χ0n) is 27.5. The summed E-state index contributed by atoms with van der Waals surface area (Å²) >= 11 is 3.08. The summed E-state index contributed by atoms with van der Waals surface area (Å²) in [5.41, 5.74) is 0. The smallest absolute Gasteiger partial charge is 0.303 e. The number of ether oxygens (including phenoxy) is 6. The van der Waals surface area contributed by atoms with E-state index in [4.69, 9.17) is 33.5 Å². The normalized spacial score (nSPS) is 11.1. The van der Waals surface area contributed by atoms with E-state index < -0.39 is 5.97 Å². The molecule has 12 nitrogen and oxygen atoms in total. The van der Waals surface area contributed by atoms with Gasteiger partial charge in [0.25, 0.3) is 0 Å². The van der Waals surface area contributed by atoms with E-state index in [1.54, 1.807) is 0 Å². The maximum Gasteiger partial charge on any atom is 0.303 e. The summed E-state index contributed by atoms with van der Waals surface area (Å²) in [6, 6.07) is 0. The highest BCUT2D eigenvalue weighted by Crippen LogP contribution is 2.13. The van der Waals surface area contributed by atoms with Gasteiger partial charge in [-0.15, -0.1) is 0 Å². The second-order valence-electron chi connectivity index (χ2n) is 10.6. The van der Waals surface area contributed by atoms with Gasteiger partial charge in [-0.2, -0.15) is 0 Å². The lowest BCUT2D eigenvalue weighted by molar-refractivity contribution is -0.137. The number of carboxylic acids is 1. The number of amides is 2. The summed E-state index contributed by atoms with van der Waals surface area (Å²) in [4.78, 5) is 33.4. The van der Waals surface area contributed by atoms with Gasteiger partial charge >= 0.3 is 5.97 Å². The second kappa shape index (κ2) is 37.1. The van der Waals surface area contributed by atoms with E-state index in [2.05, 4.69) is 26.6 Å². The van der Waals surface area contributed by atoms with Crippen LogP contribution in [-0.4, -0.2) is 121 Å². The molecule has 0 bridgehead atoms. The number of carbonyl (C=O) groups is 3. The number of hydrogen-bond donors (Lipinski definition) is 3. The molecule has 0 aliphatic carbocycles. The van der Waals surface area contributed by atoms with Gasteiger partial charge in [0.1, 0.15) is 0 Å². The number of halogens is 1. The van der Waals surface area contributed by atoms with Crippen LogP contribution >= 0.6 is 15.9 Å². The average molecular weight is 714 g/mol. The van der Waals surface area contributed by atoms with Crippen LogP contribution in [-0.2, 0) is 42.8 Å². The molecule has 0 aromatic heterocycles. The fourth-order valence-electron chi connectivity index (χ4n) is 4.19. The number of carbonyl (C=O) groups excluding carboxylic acids is 2. The Labute approximate surface area is 279 Å². The van der Waals surface area contributed by atoms with E-state index in [9.17, 15) is 14.4 Å². The first-order valence-electron chi connectivity index (χ1n) is 16.8. The van der Waals surface area contributed by atoms with Crippen molar-refractivity contribution in [2.45, 2.75) is 89.9 Å². The van der Waals surface area contributed by atoms with Crippen molar-refractivity contribution in [3.8, 4) is 0 Å². The molecular formula is C32H61BrN2O10. The highest BCUT2D eigenvalue weighted by Gasteiger charge is 2.02. The SMILES string of the molecule is O=C(O)CCCCCCCCCCCCCCC(=O)NCCOCCOCCOCCOCCOCCOCCNC(=O)CBr. The van der Waals surface area contributed by atoms with Crippen LogP contribution in [0.4, 0.5) is 0 Å². The fraction of sp³-hybridized carbons (Fsp3) is 0.906. The Bertz CT molecular complexity index is 676. The summed E-state index contributed by atoms with van der Waals surface area (Å²) in [6.07, 6.45) is 14.5. The molecule has 0 atom stereocenters. The van der Waals surface area contributed by atoms with Crippen molar-refractivity contribution in [1.29, 1.82) is 0 Å². The molecule has 2 amide bonds. The Hall–Kier alpha value is -1.35. The monoisotopic (exact) mass is 712 g/mol. The van der Waals surface area contributed by atoms with Crippen LogP contribution in [0.5, 0.6) is 0 Å². The Morgan fingerprint density at radius 3 is 1.04 bits per heavy atom. The van der Waals surface area contributed by atoms with Crippen LogP contribution in [0.3, 0.4) is 0 Å². The molecule has 266 valence electrons. The Kier molecular flexibility index (Phi) is 36.0. The number of aliphatic carboxylic acids is 1. The van der Waals surface area contributed by atoms with Crippen LogP contribution in [0, 0.1) is 0 Å². The summed E-state index contributed by atoms with van der Waals surface area (Å²) in [5.74, 6) is -0.665. The molecule has 0 aromatic rings.